The van der Waals surface area contributed by atoms with Crippen LogP contribution in [0.1, 0.15) is 37.6 Å². The van der Waals surface area contributed by atoms with Gasteiger partial charge in [0.25, 0.3) is 5.91 Å². The standard InChI is InChI=1S/C25H35N7O4S2/c1-4-17-37-25-28-22(30-13-15-36-16-14-30)21-18-27-32(23(21)29-25)12-11-26-24(33)19-7-9-20(10-8-19)38(34,35)31(5-2)6-3/h7-10,18H,4-6,11-17H2,1-3H3,(H,26,33). The number of benzene rings is 1. The van der Waals surface area contributed by atoms with E-state index in [4.69, 9.17) is 14.7 Å². The predicted molar refractivity (Wildman–Crippen MR) is 148 cm³/mol. The SMILES string of the molecule is CCCSc1nc(N2CCOCC2)c2cnn(CCNC(=O)c3ccc(S(=O)(=O)N(CC)CC)cc3)c2n1. The lowest BCUT2D eigenvalue weighted by Crippen LogP contribution is -2.37. The van der Waals surface area contributed by atoms with E-state index < -0.39 is 10.0 Å². The van der Waals surface area contributed by atoms with Crippen molar-refractivity contribution in [1.82, 2.24) is 29.4 Å². The fraction of sp³-hybridized carbons (Fsp3) is 0.520. The Balaban J connectivity index is 1.45. The number of sulfonamides is 1. The molecule has 0 spiro atoms. The minimum Gasteiger partial charge on any atom is -0.378 e. The summed E-state index contributed by atoms with van der Waals surface area (Å²) < 4.78 is 34.1. The van der Waals surface area contributed by atoms with Crippen molar-refractivity contribution in [2.24, 2.45) is 0 Å². The molecule has 1 aliphatic rings. The maximum Gasteiger partial charge on any atom is 0.251 e. The smallest absolute Gasteiger partial charge is 0.251 e. The first kappa shape index (κ1) is 28.3. The van der Waals surface area contributed by atoms with Crippen LogP contribution in [0.4, 0.5) is 5.82 Å². The number of carbonyl (C=O) groups is 1. The van der Waals surface area contributed by atoms with Crippen LogP contribution in [-0.4, -0.2) is 90.1 Å². The highest BCUT2D eigenvalue weighted by atomic mass is 32.2. The number of fused-ring (bicyclic) bond motifs is 1. The summed E-state index contributed by atoms with van der Waals surface area (Å²) >= 11 is 1.62. The molecule has 4 rings (SSSR count). The molecule has 3 heterocycles. The molecule has 206 valence electrons. The Morgan fingerprint density at radius 3 is 2.47 bits per heavy atom. The molecule has 38 heavy (non-hydrogen) atoms. The lowest BCUT2D eigenvalue weighted by molar-refractivity contribution is 0.0952. The summed E-state index contributed by atoms with van der Waals surface area (Å²) in [6, 6.07) is 6.02. The number of nitrogens with zero attached hydrogens (tertiary/aromatic N) is 6. The Morgan fingerprint density at radius 2 is 1.82 bits per heavy atom. The van der Waals surface area contributed by atoms with Crippen molar-refractivity contribution in [3.8, 4) is 0 Å². The summed E-state index contributed by atoms with van der Waals surface area (Å²) in [6.07, 6.45) is 2.80. The van der Waals surface area contributed by atoms with Gasteiger partial charge >= 0.3 is 0 Å². The molecule has 0 saturated carbocycles. The largest absolute Gasteiger partial charge is 0.378 e. The molecule has 1 fully saturated rings. The van der Waals surface area contributed by atoms with Crippen LogP contribution in [0.3, 0.4) is 0 Å². The second kappa shape index (κ2) is 12.9. The molecule has 1 amide bonds. The second-order valence-electron chi connectivity index (χ2n) is 8.75. The lowest BCUT2D eigenvalue weighted by atomic mass is 10.2. The Kier molecular flexibility index (Phi) is 9.58. The minimum atomic E-state index is -3.57. The molecule has 11 nitrogen and oxygen atoms in total. The third kappa shape index (κ3) is 6.28. The van der Waals surface area contributed by atoms with Crippen LogP contribution in [0.5, 0.6) is 0 Å². The van der Waals surface area contributed by atoms with Gasteiger partial charge in [0.1, 0.15) is 5.82 Å². The topological polar surface area (TPSA) is 123 Å². The highest BCUT2D eigenvalue weighted by Gasteiger charge is 2.22. The van der Waals surface area contributed by atoms with Crippen LogP contribution in [-0.2, 0) is 21.3 Å². The molecular formula is C25H35N7O4S2. The van der Waals surface area contributed by atoms with E-state index >= 15 is 0 Å². The van der Waals surface area contributed by atoms with Crippen LogP contribution in [0.25, 0.3) is 11.0 Å². The quantitative estimate of drug-likeness (QED) is 0.263. The average Bonchev–Trinajstić information content (AvgIpc) is 3.35. The van der Waals surface area contributed by atoms with Crippen LogP contribution in [0.15, 0.2) is 40.5 Å². The first-order valence-electron chi connectivity index (χ1n) is 13.0. The van der Waals surface area contributed by atoms with Gasteiger partial charge in [0.15, 0.2) is 10.8 Å². The van der Waals surface area contributed by atoms with E-state index in [2.05, 4.69) is 22.2 Å². The highest BCUT2D eigenvalue weighted by molar-refractivity contribution is 7.99. The van der Waals surface area contributed by atoms with Crippen LogP contribution in [0.2, 0.25) is 0 Å². The monoisotopic (exact) mass is 561 g/mol. The molecule has 3 aromatic rings. The summed E-state index contributed by atoms with van der Waals surface area (Å²) in [4.78, 5) is 24.7. The Labute approximate surface area is 228 Å². The second-order valence-corrected chi connectivity index (χ2v) is 11.8. The Bertz CT molecular complexity index is 1340. The fourth-order valence-corrected chi connectivity index (χ4v) is 6.37. The number of anilines is 1. The molecule has 1 N–H and O–H groups in total. The molecule has 0 bridgehead atoms. The summed E-state index contributed by atoms with van der Waals surface area (Å²) in [5.41, 5.74) is 1.13. The summed E-state index contributed by atoms with van der Waals surface area (Å²) in [6.45, 7) is 10.1. The molecule has 13 heteroatoms. The van der Waals surface area contributed by atoms with E-state index in [1.807, 2.05) is 0 Å². The van der Waals surface area contributed by atoms with E-state index in [0.717, 1.165) is 42.1 Å². The normalized spacial score (nSPS) is 14.4. The van der Waals surface area contributed by atoms with Crippen molar-refractivity contribution >= 4 is 44.5 Å². The van der Waals surface area contributed by atoms with E-state index in [1.54, 1.807) is 36.5 Å². The maximum absolute atomic E-state index is 12.7. The maximum atomic E-state index is 12.7. The minimum absolute atomic E-state index is 0.174. The van der Waals surface area contributed by atoms with Gasteiger partial charge in [-0.05, 0) is 30.7 Å². The van der Waals surface area contributed by atoms with Gasteiger partial charge in [-0.15, -0.1) is 0 Å². The molecule has 0 radical (unpaired) electrons. The number of hydrogen-bond donors (Lipinski definition) is 1. The van der Waals surface area contributed by atoms with Gasteiger partial charge in [-0.1, -0.05) is 32.5 Å². The van der Waals surface area contributed by atoms with Crippen molar-refractivity contribution < 1.29 is 17.9 Å². The summed E-state index contributed by atoms with van der Waals surface area (Å²) in [7, 11) is -3.57. The van der Waals surface area contributed by atoms with E-state index in [0.29, 0.717) is 50.1 Å². The van der Waals surface area contributed by atoms with Gasteiger partial charge < -0.3 is 15.0 Å². The number of nitrogens with one attached hydrogen (secondary N) is 1. The number of hydrogen-bond acceptors (Lipinski definition) is 9. The first-order chi connectivity index (χ1) is 18.4. The number of amides is 1. The van der Waals surface area contributed by atoms with Crippen molar-refractivity contribution in [3.63, 3.8) is 0 Å². The van der Waals surface area contributed by atoms with Crippen LogP contribution < -0.4 is 10.2 Å². The molecule has 0 aliphatic carbocycles. The van der Waals surface area contributed by atoms with Crippen molar-refractivity contribution in [1.29, 1.82) is 0 Å². The number of rotatable bonds is 12. The number of ether oxygens (including phenoxy) is 1. The number of carbonyl (C=O) groups excluding carboxylic acids is 1. The van der Waals surface area contributed by atoms with Gasteiger partial charge in [0, 0.05) is 44.0 Å². The molecule has 1 aliphatic heterocycles. The molecule has 0 atom stereocenters. The molecule has 0 unspecified atom stereocenters. The van der Waals surface area contributed by atoms with E-state index in [9.17, 15) is 13.2 Å². The highest BCUT2D eigenvalue weighted by Crippen LogP contribution is 2.28. The zero-order chi connectivity index (χ0) is 27.1. The summed E-state index contributed by atoms with van der Waals surface area (Å²) in [5.74, 6) is 1.51. The van der Waals surface area contributed by atoms with Gasteiger partial charge in [-0.25, -0.2) is 23.1 Å². The zero-order valence-electron chi connectivity index (χ0n) is 22.1. The molecule has 1 saturated heterocycles. The first-order valence-corrected chi connectivity index (χ1v) is 15.4. The lowest BCUT2D eigenvalue weighted by Gasteiger charge is -2.28. The number of morpholine rings is 1. The molecule has 1 aromatic carbocycles. The average molecular weight is 562 g/mol. The van der Waals surface area contributed by atoms with Gasteiger partial charge in [-0.2, -0.15) is 9.40 Å². The van der Waals surface area contributed by atoms with E-state index in [1.165, 1.54) is 28.6 Å². The van der Waals surface area contributed by atoms with Gasteiger partial charge in [-0.3, -0.25) is 4.79 Å². The van der Waals surface area contributed by atoms with Crippen LogP contribution in [0, 0.1) is 0 Å². The van der Waals surface area contributed by atoms with Crippen molar-refractivity contribution in [3.05, 3.63) is 36.0 Å². The predicted octanol–water partition coefficient (Wildman–Crippen LogP) is 2.63. The molecular weight excluding hydrogens is 526 g/mol. The summed E-state index contributed by atoms with van der Waals surface area (Å²) in [5, 5.41) is 9.03. The third-order valence-corrected chi connectivity index (χ3v) is 9.39. The fourth-order valence-electron chi connectivity index (χ4n) is 4.23. The number of aromatic nitrogens is 4. The molecule has 2 aromatic heterocycles. The zero-order valence-corrected chi connectivity index (χ0v) is 23.7. The Hall–Kier alpha value is -2.74. The van der Waals surface area contributed by atoms with E-state index in [-0.39, 0.29) is 10.8 Å². The Morgan fingerprint density at radius 1 is 1.11 bits per heavy atom. The van der Waals surface area contributed by atoms with Crippen molar-refractivity contribution in [2.45, 2.75) is 43.8 Å². The van der Waals surface area contributed by atoms with Crippen molar-refractivity contribution in [2.75, 3.05) is 56.6 Å². The van der Waals surface area contributed by atoms with Gasteiger partial charge in [0.2, 0.25) is 10.0 Å². The van der Waals surface area contributed by atoms with Crippen LogP contribution >= 0.6 is 11.8 Å². The van der Waals surface area contributed by atoms with Gasteiger partial charge in [0.05, 0.1) is 36.2 Å². The number of thioether (sulfide) groups is 1. The third-order valence-electron chi connectivity index (χ3n) is 6.27.